The van der Waals surface area contributed by atoms with Crippen LogP contribution in [0.1, 0.15) is 32.2 Å². The Balaban J connectivity index is 2.17. The molecule has 1 heterocycles. The lowest BCUT2D eigenvalue weighted by Crippen LogP contribution is -2.17. The summed E-state index contributed by atoms with van der Waals surface area (Å²) in [6.45, 7) is 9.45. The Bertz CT molecular complexity index is 1500. The molecule has 3 aromatic rings. The van der Waals surface area contributed by atoms with Crippen molar-refractivity contribution in [2.24, 2.45) is 10.7 Å². The monoisotopic (exact) mass is 567 g/mol. The van der Waals surface area contributed by atoms with E-state index in [1.165, 1.54) is 37.7 Å². The standard InChI is InChI=1S/C28H33N5O6S/c1-19(30-16-8-15-29)25-31-26(33-40(35,36)21-13-11-20(12-14-21)28(2,3)4)24(27(32-25)38-18-17-34)39-23-10-7-6-9-22(23)37-5/h6-16,34H,1,17-18,29H2,2-5H3,(H,31,32,33)/b15-8-,30-16-. The first-order valence-corrected chi connectivity index (χ1v) is 13.7. The molecule has 0 atom stereocenters. The number of methoxy groups -OCH3 is 1. The average molecular weight is 568 g/mol. The van der Waals surface area contributed by atoms with Crippen molar-refractivity contribution in [3.63, 3.8) is 0 Å². The molecule has 3 rings (SSSR count). The number of aliphatic hydroxyl groups excluding tert-OH is 1. The van der Waals surface area contributed by atoms with Crippen LogP contribution in [-0.4, -0.2) is 50.0 Å². The number of benzene rings is 2. The topological polar surface area (TPSA) is 158 Å². The number of allylic oxidation sites excluding steroid dienone is 1. The molecule has 212 valence electrons. The number of hydrogen-bond donors (Lipinski definition) is 3. The van der Waals surface area contributed by atoms with Crippen LogP contribution in [0.15, 0.2) is 77.3 Å². The Labute approximate surface area is 234 Å². The third-order valence-corrected chi connectivity index (χ3v) is 6.75. The highest BCUT2D eigenvalue weighted by Gasteiger charge is 2.26. The number of nitrogens with two attached hydrogens (primary N) is 1. The number of aliphatic imine (C=N–C) groups is 1. The largest absolute Gasteiger partial charge is 0.493 e. The predicted molar refractivity (Wildman–Crippen MR) is 154 cm³/mol. The van der Waals surface area contributed by atoms with E-state index in [4.69, 9.17) is 19.9 Å². The van der Waals surface area contributed by atoms with Gasteiger partial charge in [-0.15, -0.1) is 0 Å². The lowest BCUT2D eigenvalue weighted by molar-refractivity contribution is 0.192. The summed E-state index contributed by atoms with van der Waals surface area (Å²) in [7, 11) is -2.69. The first-order chi connectivity index (χ1) is 19.0. The first-order valence-electron chi connectivity index (χ1n) is 12.2. The van der Waals surface area contributed by atoms with Crippen LogP contribution in [0.25, 0.3) is 5.70 Å². The van der Waals surface area contributed by atoms with E-state index in [1.807, 2.05) is 20.8 Å². The minimum absolute atomic E-state index is 0.00617. The molecule has 0 bridgehead atoms. The zero-order valence-electron chi connectivity index (χ0n) is 22.8. The van der Waals surface area contributed by atoms with Crippen molar-refractivity contribution in [2.75, 3.05) is 25.0 Å². The van der Waals surface area contributed by atoms with Gasteiger partial charge in [0.15, 0.2) is 23.1 Å². The van der Waals surface area contributed by atoms with Gasteiger partial charge < -0.3 is 25.1 Å². The fourth-order valence-corrected chi connectivity index (χ4v) is 4.34. The Morgan fingerprint density at radius 2 is 1.80 bits per heavy atom. The third-order valence-electron chi connectivity index (χ3n) is 5.39. The maximum absolute atomic E-state index is 13.5. The number of hydrogen-bond acceptors (Lipinski definition) is 10. The van der Waals surface area contributed by atoms with Crippen LogP contribution >= 0.6 is 0 Å². The van der Waals surface area contributed by atoms with Gasteiger partial charge in [0, 0.05) is 6.21 Å². The van der Waals surface area contributed by atoms with Gasteiger partial charge in [0.05, 0.1) is 18.6 Å². The second kappa shape index (κ2) is 13.1. The van der Waals surface area contributed by atoms with Crippen LogP contribution < -0.4 is 24.7 Å². The first kappa shape index (κ1) is 30.1. The molecule has 0 aliphatic heterocycles. The molecule has 0 aliphatic carbocycles. The van der Waals surface area contributed by atoms with Gasteiger partial charge in [0.2, 0.25) is 5.75 Å². The molecule has 1 aromatic heterocycles. The molecule has 40 heavy (non-hydrogen) atoms. The fourth-order valence-electron chi connectivity index (χ4n) is 3.33. The van der Waals surface area contributed by atoms with Gasteiger partial charge in [-0.25, -0.2) is 13.4 Å². The highest BCUT2D eigenvalue weighted by Crippen LogP contribution is 2.41. The maximum Gasteiger partial charge on any atom is 0.263 e. The van der Waals surface area contributed by atoms with Crippen molar-refractivity contribution in [1.29, 1.82) is 0 Å². The van der Waals surface area contributed by atoms with Crippen molar-refractivity contribution in [3.8, 4) is 23.1 Å². The number of rotatable bonds is 12. The van der Waals surface area contributed by atoms with Crippen LogP contribution in [0.5, 0.6) is 23.1 Å². The van der Waals surface area contributed by atoms with Gasteiger partial charge in [0.25, 0.3) is 15.9 Å². The minimum atomic E-state index is -4.16. The lowest BCUT2D eigenvalue weighted by atomic mass is 9.87. The van der Waals surface area contributed by atoms with Crippen molar-refractivity contribution in [2.45, 2.75) is 31.1 Å². The molecule has 12 heteroatoms. The Kier molecular flexibility index (Phi) is 9.86. The van der Waals surface area contributed by atoms with Crippen molar-refractivity contribution < 1.29 is 27.7 Å². The van der Waals surface area contributed by atoms with Gasteiger partial charge in [-0.1, -0.05) is 51.6 Å². The Morgan fingerprint density at radius 3 is 2.40 bits per heavy atom. The smallest absolute Gasteiger partial charge is 0.263 e. The zero-order valence-corrected chi connectivity index (χ0v) is 23.6. The van der Waals surface area contributed by atoms with Crippen LogP contribution in [0, 0.1) is 0 Å². The molecular weight excluding hydrogens is 534 g/mol. The van der Waals surface area contributed by atoms with E-state index >= 15 is 0 Å². The highest BCUT2D eigenvalue weighted by atomic mass is 32.2. The molecule has 11 nitrogen and oxygen atoms in total. The molecule has 0 saturated carbocycles. The molecule has 0 aliphatic rings. The predicted octanol–water partition coefficient (Wildman–Crippen LogP) is 4.26. The van der Waals surface area contributed by atoms with E-state index in [0.29, 0.717) is 5.75 Å². The summed E-state index contributed by atoms with van der Waals surface area (Å²) in [5.41, 5.74) is 6.25. The maximum atomic E-state index is 13.5. The lowest BCUT2D eigenvalue weighted by Gasteiger charge is -2.20. The molecule has 0 spiro atoms. The molecule has 0 unspecified atom stereocenters. The fraction of sp³-hybridized carbons (Fsp3) is 0.250. The Hall–Kier alpha value is -4.42. The minimum Gasteiger partial charge on any atom is -0.493 e. The summed E-state index contributed by atoms with van der Waals surface area (Å²) in [6.07, 6.45) is 4.13. The molecule has 2 aromatic carbocycles. The summed E-state index contributed by atoms with van der Waals surface area (Å²) in [6, 6.07) is 13.3. The van der Waals surface area contributed by atoms with Gasteiger partial charge in [0.1, 0.15) is 12.3 Å². The average Bonchev–Trinajstić information content (AvgIpc) is 2.92. The number of para-hydroxylation sites is 2. The molecular formula is C28H33N5O6S. The summed E-state index contributed by atoms with van der Waals surface area (Å²) in [5, 5.41) is 9.39. The zero-order chi connectivity index (χ0) is 29.3. The second-order valence-electron chi connectivity index (χ2n) is 9.34. The molecule has 0 saturated heterocycles. The number of aliphatic hydroxyl groups is 1. The molecule has 0 radical (unpaired) electrons. The van der Waals surface area contributed by atoms with E-state index < -0.39 is 10.0 Å². The summed E-state index contributed by atoms with van der Waals surface area (Å²) in [5.74, 6) is 0.00727. The Morgan fingerprint density at radius 1 is 1.12 bits per heavy atom. The number of sulfonamides is 1. The molecule has 4 N–H and O–H groups in total. The molecule has 0 fully saturated rings. The van der Waals surface area contributed by atoms with Crippen LogP contribution in [0.2, 0.25) is 0 Å². The van der Waals surface area contributed by atoms with Gasteiger partial charge in [-0.3, -0.25) is 9.71 Å². The van der Waals surface area contributed by atoms with Crippen LogP contribution in [-0.2, 0) is 15.4 Å². The van der Waals surface area contributed by atoms with Crippen molar-refractivity contribution in [1.82, 2.24) is 9.97 Å². The SMILES string of the molecule is C=C(/N=C\C=C/N)c1nc(NS(=O)(=O)c2ccc(C(C)(C)C)cc2)c(Oc2ccccc2OC)c(OCCO)n1. The number of ether oxygens (including phenoxy) is 3. The number of anilines is 1. The van der Waals surface area contributed by atoms with E-state index in [2.05, 4.69) is 26.3 Å². The second-order valence-corrected chi connectivity index (χ2v) is 11.0. The van der Waals surface area contributed by atoms with Crippen molar-refractivity contribution in [3.05, 3.63) is 78.8 Å². The number of aromatic nitrogens is 2. The number of nitrogens with one attached hydrogen (secondary N) is 1. The van der Waals surface area contributed by atoms with Gasteiger partial charge in [-0.2, -0.15) is 4.98 Å². The summed E-state index contributed by atoms with van der Waals surface area (Å²) in [4.78, 5) is 12.8. The van der Waals surface area contributed by atoms with E-state index in [1.54, 1.807) is 36.4 Å². The quantitative estimate of drug-likeness (QED) is 0.272. The normalized spacial score (nSPS) is 12.0. The summed E-state index contributed by atoms with van der Waals surface area (Å²) >= 11 is 0. The van der Waals surface area contributed by atoms with E-state index in [-0.39, 0.29) is 58.2 Å². The van der Waals surface area contributed by atoms with Crippen molar-refractivity contribution >= 4 is 27.8 Å². The van der Waals surface area contributed by atoms with Gasteiger partial charge in [-0.05, 0) is 47.5 Å². The number of nitrogens with zero attached hydrogens (tertiary/aromatic N) is 3. The third kappa shape index (κ3) is 7.58. The highest BCUT2D eigenvalue weighted by molar-refractivity contribution is 7.92. The van der Waals surface area contributed by atoms with E-state index in [0.717, 1.165) is 5.56 Å². The van der Waals surface area contributed by atoms with Crippen LogP contribution in [0.3, 0.4) is 0 Å². The van der Waals surface area contributed by atoms with Gasteiger partial charge >= 0.3 is 0 Å². The molecule has 0 amide bonds. The van der Waals surface area contributed by atoms with E-state index in [9.17, 15) is 13.5 Å². The van der Waals surface area contributed by atoms with Crippen LogP contribution in [0.4, 0.5) is 5.82 Å². The summed E-state index contributed by atoms with van der Waals surface area (Å²) < 4.78 is 46.5.